The zero-order chi connectivity index (χ0) is 14.9. The molecule has 106 valence electrons. The molecule has 0 bridgehead atoms. The number of carbonyl (C=O) groups is 1. The van der Waals surface area contributed by atoms with Crippen molar-refractivity contribution in [2.45, 2.75) is 6.18 Å². The Morgan fingerprint density at radius 1 is 1.35 bits per heavy atom. The van der Waals surface area contributed by atoms with Gasteiger partial charge in [-0.05, 0) is 12.1 Å². The number of hydrogen-bond donors (Lipinski definition) is 1. The molecule has 0 aliphatic heterocycles. The molecule has 2 rings (SSSR count). The molecule has 5 nitrogen and oxygen atoms in total. The lowest BCUT2D eigenvalue weighted by atomic mass is 10.2. The summed E-state index contributed by atoms with van der Waals surface area (Å²) >= 11 is 0. The van der Waals surface area contributed by atoms with Gasteiger partial charge in [0, 0.05) is 6.07 Å². The quantitative estimate of drug-likeness (QED) is 0.678. The average molecular weight is 285 g/mol. The van der Waals surface area contributed by atoms with E-state index in [-0.39, 0.29) is 11.4 Å². The lowest BCUT2D eigenvalue weighted by Crippen LogP contribution is -2.14. The second-order valence-electron chi connectivity index (χ2n) is 3.87. The number of benzene rings is 1. The highest BCUT2D eigenvalue weighted by Gasteiger charge is 2.37. The SMILES string of the molecule is COC(=O)c1cc(C(F)(F)F)n(-c2ccccc2N)n1. The molecule has 2 aromatic rings. The number of nitrogens with two attached hydrogens (primary N) is 1. The number of aromatic nitrogens is 2. The summed E-state index contributed by atoms with van der Waals surface area (Å²) in [4.78, 5) is 11.3. The standard InChI is InChI=1S/C12H10F3N3O2/c1-20-11(19)8-6-10(12(13,14)15)18(17-8)9-5-3-2-4-7(9)16/h2-6H,16H2,1H3. The second-order valence-corrected chi connectivity index (χ2v) is 3.87. The van der Waals surface area contributed by atoms with Gasteiger partial charge in [-0.15, -0.1) is 0 Å². The predicted molar refractivity (Wildman–Crippen MR) is 64.3 cm³/mol. The zero-order valence-electron chi connectivity index (χ0n) is 10.3. The molecule has 20 heavy (non-hydrogen) atoms. The lowest BCUT2D eigenvalue weighted by Gasteiger charge is -2.11. The van der Waals surface area contributed by atoms with Gasteiger partial charge in [0.1, 0.15) is 5.69 Å². The van der Waals surface area contributed by atoms with Crippen molar-refractivity contribution in [3.05, 3.63) is 41.7 Å². The summed E-state index contributed by atoms with van der Waals surface area (Å²) in [6, 6.07) is 6.54. The van der Waals surface area contributed by atoms with Crippen molar-refractivity contribution in [2.75, 3.05) is 12.8 Å². The maximum absolute atomic E-state index is 13.0. The number of halogens is 3. The van der Waals surface area contributed by atoms with Crippen LogP contribution in [0.1, 0.15) is 16.2 Å². The van der Waals surface area contributed by atoms with Crippen molar-refractivity contribution in [3.63, 3.8) is 0 Å². The largest absolute Gasteiger partial charge is 0.464 e. The van der Waals surface area contributed by atoms with Crippen LogP contribution in [0.4, 0.5) is 18.9 Å². The molecule has 0 saturated heterocycles. The molecule has 0 atom stereocenters. The first-order valence-electron chi connectivity index (χ1n) is 5.45. The van der Waals surface area contributed by atoms with Crippen molar-refractivity contribution in [3.8, 4) is 5.69 Å². The van der Waals surface area contributed by atoms with Gasteiger partial charge in [-0.25, -0.2) is 9.48 Å². The molecule has 0 fully saturated rings. The third-order valence-electron chi connectivity index (χ3n) is 2.56. The van der Waals surface area contributed by atoms with Gasteiger partial charge in [-0.3, -0.25) is 0 Å². The number of methoxy groups -OCH3 is 1. The smallest absolute Gasteiger partial charge is 0.433 e. The van der Waals surface area contributed by atoms with E-state index >= 15 is 0 Å². The van der Waals surface area contributed by atoms with Crippen LogP contribution in [0.25, 0.3) is 5.69 Å². The minimum Gasteiger partial charge on any atom is -0.464 e. The highest BCUT2D eigenvalue weighted by molar-refractivity contribution is 5.87. The van der Waals surface area contributed by atoms with E-state index in [1.165, 1.54) is 18.2 Å². The summed E-state index contributed by atoms with van der Waals surface area (Å²) in [5, 5.41) is 3.62. The van der Waals surface area contributed by atoms with Crippen LogP contribution >= 0.6 is 0 Å². The fourth-order valence-corrected chi connectivity index (χ4v) is 1.65. The number of nitrogen functional groups attached to an aromatic ring is 1. The highest BCUT2D eigenvalue weighted by Crippen LogP contribution is 2.32. The Balaban J connectivity index is 2.65. The number of hydrogen-bond acceptors (Lipinski definition) is 4. The number of anilines is 1. The lowest BCUT2D eigenvalue weighted by molar-refractivity contribution is -0.142. The molecule has 1 aromatic carbocycles. The molecule has 2 N–H and O–H groups in total. The molecule has 0 aliphatic rings. The first kappa shape index (κ1) is 13.9. The molecule has 1 heterocycles. The topological polar surface area (TPSA) is 70.1 Å². The molecule has 0 spiro atoms. The molecular formula is C12H10F3N3O2. The fourth-order valence-electron chi connectivity index (χ4n) is 1.65. The average Bonchev–Trinajstić information content (AvgIpc) is 2.83. The Hall–Kier alpha value is -2.51. The van der Waals surface area contributed by atoms with E-state index in [1.807, 2.05) is 0 Å². The molecule has 0 aliphatic carbocycles. The minimum absolute atomic E-state index is 0.0370. The molecule has 0 unspecified atom stereocenters. The van der Waals surface area contributed by atoms with Crippen LogP contribution in [0.2, 0.25) is 0 Å². The zero-order valence-corrected chi connectivity index (χ0v) is 10.3. The minimum atomic E-state index is -4.68. The third kappa shape index (κ3) is 2.44. The first-order valence-corrected chi connectivity index (χ1v) is 5.45. The van der Waals surface area contributed by atoms with E-state index in [9.17, 15) is 18.0 Å². The summed E-state index contributed by atoms with van der Waals surface area (Å²) in [5.41, 5.74) is 4.24. The highest BCUT2D eigenvalue weighted by atomic mass is 19.4. The van der Waals surface area contributed by atoms with Gasteiger partial charge in [0.15, 0.2) is 5.69 Å². The van der Waals surface area contributed by atoms with Gasteiger partial charge in [0.05, 0.1) is 18.5 Å². The third-order valence-corrected chi connectivity index (χ3v) is 2.56. The summed E-state index contributed by atoms with van der Waals surface area (Å²) < 4.78 is 43.9. The van der Waals surface area contributed by atoms with Gasteiger partial charge in [-0.2, -0.15) is 18.3 Å². The van der Waals surface area contributed by atoms with Gasteiger partial charge >= 0.3 is 12.1 Å². The maximum atomic E-state index is 13.0. The molecule has 8 heteroatoms. The van der Waals surface area contributed by atoms with Gasteiger partial charge in [0.2, 0.25) is 0 Å². The second kappa shape index (κ2) is 4.87. The van der Waals surface area contributed by atoms with Crippen LogP contribution in [-0.2, 0) is 10.9 Å². The van der Waals surface area contributed by atoms with Crippen molar-refractivity contribution in [1.82, 2.24) is 9.78 Å². The summed E-state index contributed by atoms with van der Waals surface area (Å²) in [5.74, 6) is -0.955. The normalized spacial score (nSPS) is 11.4. The predicted octanol–water partition coefficient (Wildman–Crippen LogP) is 2.26. The van der Waals surface area contributed by atoms with E-state index in [2.05, 4.69) is 9.84 Å². The Bertz CT molecular complexity index is 650. The van der Waals surface area contributed by atoms with Gasteiger partial charge in [0.25, 0.3) is 0 Å². The number of carbonyl (C=O) groups excluding carboxylic acids is 1. The Kier molecular flexibility index (Phi) is 3.39. The number of esters is 1. The van der Waals surface area contributed by atoms with E-state index in [0.717, 1.165) is 7.11 Å². The van der Waals surface area contributed by atoms with E-state index in [1.54, 1.807) is 6.07 Å². The van der Waals surface area contributed by atoms with Crippen molar-refractivity contribution >= 4 is 11.7 Å². The van der Waals surface area contributed by atoms with Crippen molar-refractivity contribution < 1.29 is 22.7 Å². The molecule has 0 radical (unpaired) electrons. The van der Waals surface area contributed by atoms with Crippen LogP contribution in [0.3, 0.4) is 0 Å². The van der Waals surface area contributed by atoms with E-state index in [4.69, 9.17) is 5.73 Å². The van der Waals surface area contributed by atoms with E-state index in [0.29, 0.717) is 10.7 Å². The van der Waals surface area contributed by atoms with Crippen molar-refractivity contribution in [1.29, 1.82) is 0 Å². The monoisotopic (exact) mass is 285 g/mol. The van der Waals surface area contributed by atoms with Gasteiger partial charge < -0.3 is 10.5 Å². The number of para-hydroxylation sites is 2. The number of ether oxygens (including phenoxy) is 1. The number of nitrogens with zero attached hydrogens (tertiary/aromatic N) is 2. The first-order chi connectivity index (χ1) is 9.34. The fraction of sp³-hybridized carbons (Fsp3) is 0.167. The molecule has 1 aromatic heterocycles. The molecule has 0 amide bonds. The van der Waals surface area contributed by atoms with Crippen LogP contribution in [0.5, 0.6) is 0 Å². The summed E-state index contributed by atoms with van der Waals surface area (Å²) in [6.45, 7) is 0. The van der Waals surface area contributed by atoms with E-state index < -0.39 is 23.5 Å². The van der Waals surface area contributed by atoms with Crippen LogP contribution < -0.4 is 5.73 Å². The van der Waals surface area contributed by atoms with Crippen LogP contribution in [0, 0.1) is 0 Å². The summed E-state index contributed by atoms with van der Waals surface area (Å²) in [7, 11) is 1.06. The van der Waals surface area contributed by atoms with Crippen molar-refractivity contribution in [2.24, 2.45) is 0 Å². The Morgan fingerprint density at radius 2 is 2.00 bits per heavy atom. The van der Waals surface area contributed by atoms with Crippen LogP contribution in [0.15, 0.2) is 30.3 Å². The van der Waals surface area contributed by atoms with Crippen LogP contribution in [-0.4, -0.2) is 22.9 Å². The number of alkyl halides is 3. The molecule has 0 saturated carbocycles. The summed E-state index contributed by atoms with van der Waals surface area (Å²) in [6.07, 6.45) is -4.68. The molecular weight excluding hydrogens is 275 g/mol. The maximum Gasteiger partial charge on any atom is 0.433 e. The Morgan fingerprint density at radius 3 is 2.55 bits per heavy atom. The Labute approximate surface area is 111 Å². The van der Waals surface area contributed by atoms with Gasteiger partial charge in [-0.1, -0.05) is 12.1 Å². The number of rotatable bonds is 2.